The molecule has 7 heteroatoms. The summed E-state index contributed by atoms with van der Waals surface area (Å²) in [7, 11) is -3.48. The Kier molecular flexibility index (Phi) is 4.26. The van der Waals surface area contributed by atoms with E-state index in [-0.39, 0.29) is 4.90 Å². The highest BCUT2D eigenvalue weighted by Gasteiger charge is 2.37. The fourth-order valence-electron chi connectivity index (χ4n) is 0.768. The first-order valence-electron chi connectivity index (χ1n) is 3.32. The van der Waals surface area contributed by atoms with Crippen LogP contribution in [0, 0.1) is 0 Å². The van der Waals surface area contributed by atoms with Gasteiger partial charge in [0, 0.05) is 4.47 Å². The summed E-state index contributed by atoms with van der Waals surface area (Å²) >= 11 is 12.2. The molecule has 78 valence electrons. The van der Waals surface area contributed by atoms with Gasteiger partial charge in [-0.15, -0.1) is 0 Å². The predicted octanol–water partition coefficient (Wildman–Crippen LogP) is 4.02. The number of alkyl halides is 3. The Morgan fingerprint density at radius 2 is 1.71 bits per heavy atom. The molecular weight excluding hydrogens is 468 g/mol. The predicted molar refractivity (Wildman–Crippen MR) is 70.8 cm³/mol. The van der Waals surface area contributed by atoms with Crippen molar-refractivity contribution in [1.82, 2.24) is 0 Å². The molecule has 0 heterocycles. The standard InChI is InChI=1S/C7H4Br4O2S/c8-5-2-1-3-6(4-5)14(12,13)7(9,10)11/h1-4H. The molecule has 1 rings (SSSR count). The number of sulfone groups is 1. The average molecular weight is 472 g/mol. The minimum absolute atomic E-state index is 0.220. The molecule has 0 unspecified atom stereocenters. The smallest absolute Gasteiger partial charge is 0.220 e. The second-order valence-electron chi connectivity index (χ2n) is 2.41. The van der Waals surface area contributed by atoms with E-state index in [1.54, 1.807) is 12.1 Å². The summed E-state index contributed by atoms with van der Waals surface area (Å²) in [5, 5.41) is 0. The van der Waals surface area contributed by atoms with Crippen molar-refractivity contribution in [2.75, 3.05) is 0 Å². The fourth-order valence-corrected chi connectivity index (χ4v) is 3.81. The van der Waals surface area contributed by atoms with E-state index in [9.17, 15) is 8.42 Å². The van der Waals surface area contributed by atoms with E-state index in [1.807, 2.05) is 0 Å². The van der Waals surface area contributed by atoms with Gasteiger partial charge < -0.3 is 0 Å². The molecule has 0 saturated carbocycles. The summed E-state index contributed by atoms with van der Waals surface area (Å²) in [4.78, 5) is 0.220. The first-order valence-corrected chi connectivity index (χ1v) is 7.97. The van der Waals surface area contributed by atoms with Crippen molar-refractivity contribution in [3.63, 3.8) is 0 Å². The Hall–Kier alpha value is 1.09. The second kappa shape index (κ2) is 4.53. The maximum atomic E-state index is 11.8. The lowest BCUT2D eigenvalue weighted by Crippen LogP contribution is -2.17. The molecule has 1 aromatic carbocycles. The summed E-state index contributed by atoms with van der Waals surface area (Å²) in [6.45, 7) is 0. The van der Waals surface area contributed by atoms with E-state index in [2.05, 4.69) is 63.7 Å². The first-order chi connectivity index (χ1) is 6.25. The minimum atomic E-state index is -3.48. The summed E-state index contributed by atoms with van der Waals surface area (Å²) < 4.78 is 23.1. The summed E-state index contributed by atoms with van der Waals surface area (Å²) in [6.07, 6.45) is 0. The van der Waals surface area contributed by atoms with Crippen molar-refractivity contribution in [3.05, 3.63) is 28.7 Å². The molecule has 0 aromatic heterocycles. The Labute approximate surface area is 116 Å². The highest BCUT2D eigenvalue weighted by atomic mass is 80.0. The molecule has 0 radical (unpaired) electrons. The van der Waals surface area contributed by atoms with Gasteiger partial charge in [-0.1, -0.05) is 22.0 Å². The largest absolute Gasteiger partial charge is 0.239 e. The van der Waals surface area contributed by atoms with Crippen LogP contribution in [0.1, 0.15) is 0 Å². The van der Waals surface area contributed by atoms with Gasteiger partial charge in [0.25, 0.3) is 0 Å². The van der Waals surface area contributed by atoms with Gasteiger partial charge in [0.1, 0.15) is 0 Å². The van der Waals surface area contributed by atoms with Gasteiger partial charge >= 0.3 is 0 Å². The van der Waals surface area contributed by atoms with Crippen LogP contribution in [0.25, 0.3) is 0 Å². The topological polar surface area (TPSA) is 34.1 Å². The monoisotopic (exact) mass is 468 g/mol. The Morgan fingerprint density at radius 1 is 1.14 bits per heavy atom. The summed E-state index contributed by atoms with van der Waals surface area (Å²) in [5.74, 6) is 0. The van der Waals surface area contributed by atoms with Gasteiger partial charge in [-0.2, -0.15) is 0 Å². The molecule has 0 aliphatic carbocycles. The lowest BCUT2D eigenvalue weighted by molar-refractivity contribution is 0.599. The lowest BCUT2D eigenvalue weighted by Gasteiger charge is -2.13. The molecule has 0 aliphatic heterocycles. The van der Waals surface area contributed by atoms with E-state index in [0.29, 0.717) is 0 Å². The van der Waals surface area contributed by atoms with Gasteiger partial charge in [-0.05, 0) is 66.0 Å². The maximum absolute atomic E-state index is 11.8. The Balaban J connectivity index is 3.32. The average Bonchev–Trinajstić information content (AvgIpc) is 2.02. The van der Waals surface area contributed by atoms with Crippen molar-refractivity contribution >= 4 is 73.6 Å². The van der Waals surface area contributed by atoms with Crippen LogP contribution in [0.5, 0.6) is 0 Å². The number of hydrogen-bond acceptors (Lipinski definition) is 2. The quantitative estimate of drug-likeness (QED) is 0.580. The number of benzene rings is 1. The van der Waals surface area contributed by atoms with E-state index < -0.39 is 11.3 Å². The van der Waals surface area contributed by atoms with Crippen LogP contribution >= 0.6 is 63.7 Å². The van der Waals surface area contributed by atoms with Crippen molar-refractivity contribution in [2.24, 2.45) is 0 Å². The third-order valence-electron chi connectivity index (χ3n) is 1.41. The molecule has 14 heavy (non-hydrogen) atoms. The molecule has 2 nitrogen and oxygen atoms in total. The number of halogens is 4. The third-order valence-corrected chi connectivity index (χ3v) is 7.22. The lowest BCUT2D eigenvalue weighted by atomic mass is 10.4. The normalized spacial score (nSPS) is 12.9. The van der Waals surface area contributed by atoms with Crippen LogP contribution in [0.2, 0.25) is 0 Å². The highest BCUT2D eigenvalue weighted by Crippen LogP contribution is 2.43. The molecule has 0 amide bonds. The second-order valence-corrected chi connectivity index (χ2v) is 13.7. The van der Waals surface area contributed by atoms with Crippen molar-refractivity contribution in [2.45, 2.75) is 6.37 Å². The molecule has 0 atom stereocenters. The zero-order chi connectivity index (χ0) is 11.0. The van der Waals surface area contributed by atoms with Gasteiger partial charge in [-0.25, -0.2) is 8.42 Å². The first kappa shape index (κ1) is 13.2. The molecule has 0 aliphatic rings. The van der Waals surface area contributed by atoms with Crippen molar-refractivity contribution < 1.29 is 8.42 Å². The molecule has 0 saturated heterocycles. The van der Waals surface area contributed by atoms with Gasteiger partial charge in [0.05, 0.1) is 4.90 Å². The zero-order valence-electron chi connectivity index (χ0n) is 6.55. The van der Waals surface area contributed by atoms with Crippen LogP contribution < -0.4 is 0 Å². The van der Waals surface area contributed by atoms with Crippen LogP contribution in [0.3, 0.4) is 0 Å². The van der Waals surface area contributed by atoms with E-state index in [0.717, 1.165) is 4.47 Å². The van der Waals surface area contributed by atoms with Crippen LogP contribution in [0.4, 0.5) is 0 Å². The van der Waals surface area contributed by atoms with Gasteiger partial charge in [0.15, 0.2) is 0 Å². The SMILES string of the molecule is O=S(=O)(c1cccc(Br)c1)C(Br)(Br)Br. The Morgan fingerprint density at radius 3 is 2.14 bits per heavy atom. The molecular formula is C7H4Br4O2S. The Bertz CT molecular complexity index is 435. The third kappa shape index (κ3) is 2.81. The number of hydrogen-bond donors (Lipinski definition) is 0. The number of rotatable bonds is 1. The van der Waals surface area contributed by atoms with Crippen LogP contribution in [-0.2, 0) is 9.84 Å². The van der Waals surface area contributed by atoms with E-state index >= 15 is 0 Å². The zero-order valence-corrected chi connectivity index (χ0v) is 13.7. The maximum Gasteiger partial charge on any atom is 0.239 e. The van der Waals surface area contributed by atoms with Crippen molar-refractivity contribution in [1.29, 1.82) is 0 Å². The summed E-state index contributed by atoms with van der Waals surface area (Å²) in [6, 6.07) is 6.49. The molecule has 0 bridgehead atoms. The van der Waals surface area contributed by atoms with Crippen LogP contribution in [0.15, 0.2) is 33.6 Å². The van der Waals surface area contributed by atoms with E-state index in [1.165, 1.54) is 12.1 Å². The van der Waals surface area contributed by atoms with Gasteiger partial charge in [0.2, 0.25) is 11.3 Å². The van der Waals surface area contributed by atoms with Crippen LogP contribution in [-0.4, -0.2) is 9.89 Å². The molecule has 0 fully saturated rings. The highest BCUT2D eigenvalue weighted by molar-refractivity contribution is 9.42. The van der Waals surface area contributed by atoms with Gasteiger partial charge in [-0.3, -0.25) is 0 Å². The molecule has 1 aromatic rings. The molecule has 0 spiro atoms. The van der Waals surface area contributed by atoms with Crippen molar-refractivity contribution in [3.8, 4) is 0 Å². The van der Waals surface area contributed by atoms with E-state index in [4.69, 9.17) is 0 Å². The summed E-state index contributed by atoms with van der Waals surface area (Å²) in [5.41, 5.74) is 0. The molecule has 0 N–H and O–H groups in total. The minimum Gasteiger partial charge on any atom is -0.220 e. The fraction of sp³-hybridized carbons (Fsp3) is 0.143.